The normalized spacial score (nSPS) is 10.3. The van der Waals surface area contributed by atoms with Gasteiger partial charge in [0.25, 0.3) is 5.91 Å². The number of ether oxygens (including phenoxy) is 1. The summed E-state index contributed by atoms with van der Waals surface area (Å²) in [5, 5.41) is 9.79. The molecule has 0 aliphatic rings. The molecule has 25 heavy (non-hydrogen) atoms. The van der Waals surface area contributed by atoms with Crippen LogP contribution in [0.4, 0.5) is 10.4 Å². The Morgan fingerprint density at radius 2 is 1.76 bits per heavy atom. The fourth-order valence-corrected chi connectivity index (χ4v) is 1.96. The Kier molecular flexibility index (Phi) is 4.79. The van der Waals surface area contributed by atoms with E-state index < -0.39 is 24.3 Å². The van der Waals surface area contributed by atoms with E-state index in [1.807, 2.05) is 6.07 Å². The minimum atomic E-state index is -0.941. The quantitative estimate of drug-likeness (QED) is 0.717. The average molecular weight is 341 g/mol. The molecule has 0 spiro atoms. The van der Waals surface area contributed by atoms with Crippen molar-refractivity contribution < 1.29 is 23.1 Å². The number of benzene rings is 2. The zero-order valence-electron chi connectivity index (χ0n) is 12.8. The number of nitrogens with zero attached hydrogens (tertiary/aromatic N) is 2. The minimum absolute atomic E-state index is 0.134. The number of aromatic nitrogens is 2. The first-order valence-electron chi connectivity index (χ1n) is 7.24. The highest BCUT2D eigenvalue weighted by Crippen LogP contribution is 2.18. The van der Waals surface area contributed by atoms with Crippen LogP contribution in [0.5, 0.6) is 0 Å². The predicted octanol–water partition coefficient (Wildman–Crippen LogP) is 2.67. The molecule has 0 bridgehead atoms. The van der Waals surface area contributed by atoms with Crippen molar-refractivity contribution in [2.45, 2.75) is 0 Å². The molecule has 0 aliphatic carbocycles. The Morgan fingerprint density at radius 3 is 2.52 bits per heavy atom. The second kappa shape index (κ2) is 7.35. The van der Waals surface area contributed by atoms with E-state index in [2.05, 4.69) is 15.5 Å². The SMILES string of the molecule is O=C(COC(=O)c1ccccc1F)Nc1nnc(-c2ccccc2)o1. The fourth-order valence-electron chi connectivity index (χ4n) is 1.96. The molecule has 0 aliphatic heterocycles. The van der Waals surface area contributed by atoms with Gasteiger partial charge in [0, 0.05) is 5.56 Å². The van der Waals surface area contributed by atoms with Crippen LogP contribution in [0.15, 0.2) is 59.0 Å². The summed E-state index contributed by atoms with van der Waals surface area (Å²) in [5.41, 5.74) is 0.445. The van der Waals surface area contributed by atoms with Crippen LogP contribution in [-0.2, 0) is 9.53 Å². The number of hydrogen-bond donors (Lipinski definition) is 1. The molecule has 7 nitrogen and oxygen atoms in total. The number of hydrogen-bond acceptors (Lipinski definition) is 6. The zero-order valence-corrected chi connectivity index (χ0v) is 12.8. The summed E-state index contributed by atoms with van der Waals surface area (Å²) in [6.45, 7) is -0.615. The van der Waals surface area contributed by atoms with Crippen LogP contribution in [0.25, 0.3) is 11.5 Å². The van der Waals surface area contributed by atoms with Crippen molar-refractivity contribution in [3.63, 3.8) is 0 Å². The average Bonchev–Trinajstić information content (AvgIpc) is 3.09. The Balaban J connectivity index is 1.56. The van der Waals surface area contributed by atoms with Crippen LogP contribution in [0.3, 0.4) is 0 Å². The van der Waals surface area contributed by atoms with Crippen molar-refractivity contribution in [1.82, 2.24) is 10.2 Å². The smallest absolute Gasteiger partial charge is 0.341 e. The second-order valence-corrected chi connectivity index (χ2v) is 4.88. The highest BCUT2D eigenvalue weighted by molar-refractivity contribution is 5.94. The van der Waals surface area contributed by atoms with Crippen molar-refractivity contribution in [3.8, 4) is 11.5 Å². The predicted molar refractivity (Wildman–Crippen MR) is 85.0 cm³/mol. The third-order valence-electron chi connectivity index (χ3n) is 3.12. The Bertz CT molecular complexity index is 896. The molecule has 3 rings (SSSR count). The molecule has 0 radical (unpaired) electrons. The van der Waals surface area contributed by atoms with Gasteiger partial charge < -0.3 is 9.15 Å². The van der Waals surface area contributed by atoms with Gasteiger partial charge in [0.2, 0.25) is 5.89 Å². The highest BCUT2D eigenvalue weighted by Gasteiger charge is 2.16. The van der Waals surface area contributed by atoms with E-state index in [-0.39, 0.29) is 17.5 Å². The molecule has 0 unspecified atom stereocenters. The number of carbonyl (C=O) groups excluding carboxylic acids is 2. The lowest BCUT2D eigenvalue weighted by molar-refractivity contribution is -0.119. The lowest BCUT2D eigenvalue weighted by Crippen LogP contribution is -2.21. The Hall–Kier alpha value is -3.55. The van der Waals surface area contributed by atoms with E-state index in [1.54, 1.807) is 24.3 Å². The molecule has 8 heteroatoms. The molecule has 2 aromatic carbocycles. The van der Waals surface area contributed by atoms with Gasteiger partial charge in [-0.15, -0.1) is 5.10 Å². The molecule has 126 valence electrons. The maximum Gasteiger partial charge on any atom is 0.341 e. The summed E-state index contributed by atoms with van der Waals surface area (Å²) in [6, 6.07) is 14.2. The van der Waals surface area contributed by atoms with Gasteiger partial charge in [-0.1, -0.05) is 35.4 Å². The van der Waals surface area contributed by atoms with Gasteiger partial charge in [0.15, 0.2) is 6.61 Å². The van der Waals surface area contributed by atoms with Gasteiger partial charge in [0.05, 0.1) is 5.56 Å². The number of carbonyl (C=O) groups is 2. The summed E-state index contributed by atoms with van der Waals surface area (Å²) in [4.78, 5) is 23.5. The fraction of sp³-hybridized carbons (Fsp3) is 0.0588. The zero-order chi connectivity index (χ0) is 17.6. The lowest BCUT2D eigenvalue weighted by Gasteiger charge is -2.04. The standard InChI is InChI=1S/C17H12FN3O4/c18-13-9-5-4-8-12(13)16(23)24-10-14(22)19-17-21-20-15(25-17)11-6-2-1-3-7-11/h1-9H,10H2,(H,19,21,22). The van der Waals surface area contributed by atoms with E-state index in [0.29, 0.717) is 5.56 Å². The lowest BCUT2D eigenvalue weighted by atomic mass is 10.2. The van der Waals surface area contributed by atoms with Crippen LogP contribution in [0.1, 0.15) is 10.4 Å². The maximum absolute atomic E-state index is 13.4. The molecular formula is C17H12FN3O4. The van der Waals surface area contributed by atoms with E-state index in [4.69, 9.17) is 9.15 Å². The molecule has 0 fully saturated rings. The van der Waals surface area contributed by atoms with Crippen LogP contribution < -0.4 is 5.32 Å². The Morgan fingerprint density at radius 1 is 1.04 bits per heavy atom. The van der Waals surface area contributed by atoms with Crippen molar-refractivity contribution >= 4 is 17.9 Å². The van der Waals surface area contributed by atoms with Crippen LogP contribution in [0.2, 0.25) is 0 Å². The van der Waals surface area contributed by atoms with E-state index in [9.17, 15) is 14.0 Å². The number of nitrogens with one attached hydrogen (secondary N) is 1. The first kappa shape index (κ1) is 16.3. The van der Waals surface area contributed by atoms with Gasteiger partial charge >= 0.3 is 12.0 Å². The summed E-state index contributed by atoms with van der Waals surface area (Å²) < 4.78 is 23.5. The molecular weight excluding hydrogens is 329 g/mol. The van der Waals surface area contributed by atoms with Crippen LogP contribution in [0, 0.1) is 5.82 Å². The number of amides is 1. The van der Waals surface area contributed by atoms with Crippen molar-refractivity contribution in [1.29, 1.82) is 0 Å². The first-order chi connectivity index (χ1) is 12.1. The number of halogens is 1. The van der Waals surface area contributed by atoms with E-state index in [0.717, 1.165) is 6.07 Å². The number of esters is 1. The summed E-state index contributed by atoms with van der Waals surface area (Å²) >= 11 is 0. The molecule has 1 aromatic heterocycles. The third-order valence-corrected chi connectivity index (χ3v) is 3.12. The van der Waals surface area contributed by atoms with Crippen molar-refractivity contribution in [3.05, 3.63) is 66.0 Å². The van der Waals surface area contributed by atoms with Crippen LogP contribution in [-0.4, -0.2) is 28.7 Å². The van der Waals surface area contributed by atoms with E-state index in [1.165, 1.54) is 18.2 Å². The monoisotopic (exact) mass is 341 g/mol. The van der Waals surface area contributed by atoms with E-state index >= 15 is 0 Å². The summed E-state index contributed by atoms with van der Waals surface area (Å²) in [5.74, 6) is -2.12. The van der Waals surface area contributed by atoms with Crippen molar-refractivity contribution in [2.24, 2.45) is 0 Å². The molecule has 1 heterocycles. The van der Waals surface area contributed by atoms with Gasteiger partial charge in [-0.2, -0.15) is 0 Å². The number of anilines is 1. The van der Waals surface area contributed by atoms with Crippen molar-refractivity contribution in [2.75, 3.05) is 11.9 Å². The molecule has 3 aromatic rings. The highest BCUT2D eigenvalue weighted by atomic mass is 19.1. The molecule has 0 saturated carbocycles. The summed E-state index contributed by atoms with van der Waals surface area (Å²) in [7, 11) is 0. The van der Waals surface area contributed by atoms with Crippen LogP contribution >= 0.6 is 0 Å². The molecule has 0 atom stereocenters. The number of rotatable bonds is 5. The largest absolute Gasteiger partial charge is 0.452 e. The molecule has 1 amide bonds. The molecule has 1 N–H and O–H groups in total. The van der Waals surface area contributed by atoms with Gasteiger partial charge in [0.1, 0.15) is 5.82 Å². The van der Waals surface area contributed by atoms with Gasteiger partial charge in [-0.25, -0.2) is 9.18 Å². The topological polar surface area (TPSA) is 94.3 Å². The second-order valence-electron chi connectivity index (χ2n) is 4.88. The Labute approximate surface area is 141 Å². The van der Waals surface area contributed by atoms with Gasteiger partial charge in [-0.3, -0.25) is 10.1 Å². The summed E-state index contributed by atoms with van der Waals surface area (Å²) in [6.07, 6.45) is 0. The third kappa shape index (κ3) is 4.05. The first-order valence-corrected chi connectivity index (χ1v) is 7.24. The van der Waals surface area contributed by atoms with Gasteiger partial charge in [-0.05, 0) is 24.3 Å². The minimum Gasteiger partial charge on any atom is -0.452 e. The maximum atomic E-state index is 13.4. The molecule has 0 saturated heterocycles.